The number of para-hydroxylation sites is 2. The fourth-order valence-corrected chi connectivity index (χ4v) is 9.02. The SMILES string of the molecule is c1ccc(-c2ccc(-n3c4ccccc4c4ccc5c6ccccc6n(-c6nc7c8ccccc8c8ccccc8c7nc6-c6ccccc6)c5c43)cc2)cc1. The van der Waals surface area contributed by atoms with Gasteiger partial charge in [-0.1, -0.05) is 170 Å². The zero-order valence-electron chi connectivity index (χ0n) is 30.3. The van der Waals surface area contributed by atoms with Crippen LogP contribution in [0, 0.1) is 0 Å². The molecule has 3 aromatic heterocycles. The third-order valence-corrected chi connectivity index (χ3v) is 11.5. The maximum Gasteiger partial charge on any atom is 0.165 e. The van der Waals surface area contributed by atoms with Gasteiger partial charge in [-0.25, -0.2) is 9.97 Å². The average molecular weight is 713 g/mol. The van der Waals surface area contributed by atoms with Gasteiger partial charge in [-0.2, -0.15) is 0 Å². The molecule has 0 aliphatic heterocycles. The minimum atomic E-state index is 0.805. The monoisotopic (exact) mass is 712 g/mol. The molecule has 0 aliphatic rings. The molecule has 260 valence electrons. The van der Waals surface area contributed by atoms with Crippen LogP contribution in [0.4, 0.5) is 0 Å². The van der Waals surface area contributed by atoms with Crippen LogP contribution < -0.4 is 0 Å². The number of rotatable bonds is 4. The highest BCUT2D eigenvalue weighted by Crippen LogP contribution is 2.44. The first-order valence-electron chi connectivity index (χ1n) is 19.1. The molecule has 12 aromatic rings. The highest BCUT2D eigenvalue weighted by molar-refractivity contribution is 6.25. The molecular weight excluding hydrogens is 681 g/mol. The first-order valence-corrected chi connectivity index (χ1v) is 19.1. The van der Waals surface area contributed by atoms with Gasteiger partial charge < -0.3 is 4.57 Å². The minimum Gasteiger partial charge on any atom is -0.307 e. The molecule has 56 heavy (non-hydrogen) atoms. The Balaban J connectivity index is 1.27. The summed E-state index contributed by atoms with van der Waals surface area (Å²) in [5, 5.41) is 9.28. The number of benzene rings is 9. The molecule has 4 nitrogen and oxygen atoms in total. The van der Waals surface area contributed by atoms with Crippen molar-refractivity contribution in [1.82, 2.24) is 19.1 Å². The fourth-order valence-electron chi connectivity index (χ4n) is 9.02. The molecule has 0 fully saturated rings. The maximum absolute atomic E-state index is 5.77. The van der Waals surface area contributed by atoms with E-state index in [1.54, 1.807) is 0 Å². The van der Waals surface area contributed by atoms with Crippen LogP contribution >= 0.6 is 0 Å². The molecule has 0 unspecified atom stereocenters. The third kappa shape index (κ3) is 4.41. The van der Waals surface area contributed by atoms with Gasteiger partial charge >= 0.3 is 0 Å². The Kier molecular flexibility index (Phi) is 6.60. The molecule has 0 N–H and O–H groups in total. The van der Waals surface area contributed by atoms with Gasteiger partial charge in [0.15, 0.2) is 5.82 Å². The van der Waals surface area contributed by atoms with E-state index in [4.69, 9.17) is 9.97 Å². The van der Waals surface area contributed by atoms with E-state index in [2.05, 4.69) is 203 Å². The molecule has 0 atom stereocenters. The first kappa shape index (κ1) is 30.9. The van der Waals surface area contributed by atoms with Crippen LogP contribution in [-0.2, 0) is 0 Å². The summed E-state index contributed by atoms with van der Waals surface area (Å²) in [6.45, 7) is 0. The highest BCUT2D eigenvalue weighted by atomic mass is 15.1. The van der Waals surface area contributed by atoms with Crippen LogP contribution in [0.2, 0.25) is 0 Å². The first-order chi connectivity index (χ1) is 27.8. The van der Waals surface area contributed by atoms with Gasteiger partial charge in [-0.3, -0.25) is 4.57 Å². The second kappa shape index (κ2) is 12.0. The summed E-state index contributed by atoms with van der Waals surface area (Å²) in [7, 11) is 0. The average Bonchev–Trinajstić information content (AvgIpc) is 3.80. The standard InChI is InChI=1S/C52H32N4/c1-3-15-33(16-4-1)34-27-29-36(30-28-34)55-45-25-13-11-21-39(45)43-31-32-44-40-22-12-14-26-46(40)56(51(44)50(43)55)52-47(35-17-5-2-6-18-35)53-48-41-23-9-7-19-37(41)38-20-8-10-24-42(38)49(48)54-52/h1-32H. The Morgan fingerprint density at radius 2 is 0.714 bits per heavy atom. The second-order valence-corrected chi connectivity index (χ2v) is 14.5. The quantitative estimate of drug-likeness (QED) is 0.170. The number of fused-ring (bicyclic) bond motifs is 13. The number of aromatic nitrogens is 4. The molecule has 3 heterocycles. The van der Waals surface area contributed by atoms with Crippen LogP contribution in [0.1, 0.15) is 0 Å². The lowest BCUT2D eigenvalue weighted by Gasteiger charge is -2.17. The fraction of sp³-hybridized carbons (Fsp3) is 0. The van der Waals surface area contributed by atoms with Crippen molar-refractivity contribution in [2.75, 3.05) is 0 Å². The zero-order chi connectivity index (χ0) is 36.7. The van der Waals surface area contributed by atoms with E-state index in [0.717, 1.165) is 66.6 Å². The van der Waals surface area contributed by atoms with Crippen LogP contribution in [0.25, 0.3) is 110 Å². The molecular formula is C52H32N4. The molecule has 0 aliphatic carbocycles. The Morgan fingerprint density at radius 1 is 0.286 bits per heavy atom. The van der Waals surface area contributed by atoms with Crippen molar-refractivity contribution in [2.24, 2.45) is 0 Å². The summed E-state index contributed by atoms with van der Waals surface area (Å²) < 4.78 is 4.83. The van der Waals surface area contributed by atoms with Crippen LogP contribution in [-0.4, -0.2) is 19.1 Å². The lowest BCUT2D eigenvalue weighted by molar-refractivity contribution is 1.08. The Labute approximate surface area is 322 Å². The van der Waals surface area contributed by atoms with Crippen molar-refractivity contribution < 1.29 is 0 Å². The maximum atomic E-state index is 5.77. The summed E-state index contributed by atoms with van der Waals surface area (Å²) in [6.07, 6.45) is 0. The van der Waals surface area contributed by atoms with Crippen LogP contribution in [0.5, 0.6) is 0 Å². The van der Waals surface area contributed by atoms with E-state index in [-0.39, 0.29) is 0 Å². The van der Waals surface area contributed by atoms with E-state index in [1.807, 2.05) is 0 Å². The predicted molar refractivity (Wildman–Crippen MR) is 234 cm³/mol. The van der Waals surface area contributed by atoms with Gasteiger partial charge in [0.1, 0.15) is 5.69 Å². The Hall–Kier alpha value is -7.56. The normalized spacial score (nSPS) is 11.9. The van der Waals surface area contributed by atoms with E-state index in [0.29, 0.717) is 0 Å². The van der Waals surface area contributed by atoms with Gasteiger partial charge in [0.25, 0.3) is 0 Å². The Bertz CT molecular complexity index is 3510. The highest BCUT2D eigenvalue weighted by Gasteiger charge is 2.25. The molecule has 4 heteroatoms. The van der Waals surface area contributed by atoms with E-state index < -0.39 is 0 Å². The lowest BCUT2D eigenvalue weighted by Crippen LogP contribution is -2.05. The second-order valence-electron chi connectivity index (χ2n) is 14.5. The summed E-state index contributed by atoms with van der Waals surface area (Å²) in [4.78, 5) is 11.4. The number of hydrogen-bond donors (Lipinski definition) is 0. The molecule has 0 saturated heterocycles. The van der Waals surface area contributed by atoms with Gasteiger partial charge in [-0.15, -0.1) is 0 Å². The van der Waals surface area contributed by atoms with Crippen LogP contribution in [0.15, 0.2) is 194 Å². The van der Waals surface area contributed by atoms with Crippen molar-refractivity contribution in [1.29, 1.82) is 0 Å². The molecule has 0 radical (unpaired) electrons. The topological polar surface area (TPSA) is 35.6 Å². The zero-order valence-corrected chi connectivity index (χ0v) is 30.3. The van der Waals surface area contributed by atoms with Gasteiger partial charge in [0.05, 0.1) is 33.1 Å². The van der Waals surface area contributed by atoms with E-state index in [1.165, 1.54) is 43.4 Å². The van der Waals surface area contributed by atoms with Crippen molar-refractivity contribution in [3.05, 3.63) is 194 Å². The van der Waals surface area contributed by atoms with Gasteiger partial charge in [-0.05, 0) is 46.2 Å². The Morgan fingerprint density at radius 3 is 1.30 bits per heavy atom. The summed E-state index contributed by atoms with van der Waals surface area (Å²) in [6, 6.07) is 69.4. The summed E-state index contributed by atoms with van der Waals surface area (Å²) >= 11 is 0. The van der Waals surface area contributed by atoms with Gasteiger partial charge in [0, 0.05) is 43.6 Å². The number of nitrogens with zero attached hydrogens (tertiary/aromatic N) is 4. The molecule has 9 aromatic carbocycles. The van der Waals surface area contributed by atoms with Crippen molar-refractivity contribution in [3.63, 3.8) is 0 Å². The molecule has 0 bridgehead atoms. The summed E-state index contributed by atoms with van der Waals surface area (Å²) in [5.41, 5.74) is 11.6. The van der Waals surface area contributed by atoms with Gasteiger partial charge in [0.2, 0.25) is 0 Å². The summed E-state index contributed by atoms with van der Waals surface area (Å²) in [5.74, 6) is 0.805. The van der Waals surface area contributed by atoms with Crippen molar-refractivity contribution >= 4 is 76.2 Å². The van der Waals surface area contributed by atoms with E-state index in [9.17, 15) is 0 Å². The molecule has 12 rings (SSSR count). The predicted octanol–water partition coefficient (Wildman–Crippen LogP) is 13.5. The molecule has 0 saturated carbocycles. The number of hydrogen-bond acceptors (Lipinski definition) is 2. The van der Waals surface area contributed by atoms with Crippen LogP contribution in [0.3, 0.4) is 0 Å². The van der Waals surface area contributed by atoms with Crippen molar-refractivity contribution in [3.8, 4) is 33.9 Å². The van der Waals surface area contributed by atoms with Crippen molar-refractivity contribution in [2.45, 2.75) is 0 Å². The third-order valence-electron chi connectivity index (χ3n) is 11.5. The lowest BCUT2D eigenvalue weighted by atomic mass is 9.99. The molecule has 0 spiro atoms. The minimum absolute atomic E-state index is 0.805. The smallest absolute Gasteiger partial charge is 0.165 e. The molecule has 0 amide bonds. The largest absolute Gasteiger partial charge is 0.307 e. The van der Waals surface area contributed by atoms with E-state index >= 15 is 0 Å².